The first-order chi connectivity index (χ1) is 13.6. The van der Waals surface area contributed by atoms with E-state index in [1.54, 1.807) is 0 Å². The van der Waals surface area contributed by atoms with Crippen LogP contribution in [0.25, 0.3) is 11.1 Å². The third-order valence-corrected chi connectivity index (χ3v) is 4.88. The van der Waals surface area contributed by atoms with Crippen LogP contribution in [0.3, 0.4) is 0 Å². The normalized spacial score (nSPS) is 10.6. The largest absolute Gasteiger partial charge is 0.494 e. The van der Waals surface area contributed by atoms with E-state index in [9.17, 15) is 4.79 Å². The molecule has 0 bridgehead atoms. The van der Waals surface area contributed by atoms with E-state index >= 15 is 0 Å². The minimum absolute atomic E-state index is 0.204. The van der Waals surface area contributed by atoms with E-state index in [-0.39, 0.29) is 5.57 Å². The summed E-state index contributed by atoms with van der Waals surface area (Å²) in [4.78, 5) is 10.9. The molecule has 0 aliphatic carbocycles. The molecule has 2 aromatic carbocycles. The van der Waals surface area contributed by atoms with Crippen LogP contribution in [0.2, 0.25) is 0 Å². The van der Waals surface area contributed by atoms with Crippen molar-refractivity contribution in [2.24, 2.45) is 0 Å². The molecule has 0 atom stereocenters. The molecule has 0 heterocycles. The summed E-state index contributed by atoms with van der Waals surface area (Å²) in [6, 6.07) is 16.1. The average Bonchev–Trinajstić information content (AvgIpc) is 2.71. The van der Waals surface area contributed by atoms with E-state index in [2.05, 4.69) is 25.6 Å². The number of hydrogen-bond acceptors (Lipinski definition) is 2. The Morgan fingerprint density at radius 3 is 1.96 bits per heavy atom. The molecule has 3 heteroatoms. The molecule has 0 spiro atoms. The summed E-state index contributed by atoms with van der Waals surface area (Å²) in [5, 5.41) is 8.93. The standard InChI is InChI=1S/C25H32O3/c1-3-4-5-6-7-8-9-18-28-24-16-14-23(15-17-24)22-12-10-21(11-13-22)19-20(2)25(26)27/h10-17H,2-9,18-19H2,1H3,(H,26,27). The number of unbranched alkanes of at least 4 members (excludes halogenated alkanes) is 6. The van der Waals surface area contributed by atoms with Gasteiger partial charge in [-0.05, 0) is 35.2 Å². The molecule has 28 heavy (non-hydrogen) atoms. The van der Waals surface area contributed by atoms with E-state index in [0.717, 1.165) is 35.5 Å². The van der Waals surface area contributed by atoms with Crippen LogP contribution >= 0.6 is 0 Å². The van der Waals surface area contributed by atoms with Crippen LogP contribution < -0.4 is 4.74 Å². The number of rotatable bonds is 13. The second-order valence-corrected chi connectivity index (χ2v) is 7.28. The number of carboxylic acids is 1. The highest BCUT2D eigenvalue weighted by Gasteiger charge is 2.06. The fourth-order valence-corrected chi connectivity index (χ4v) is 3.13. The van der Waals surface area contributed by atoms with E-state index in [0.29, 0.717) is 6.42 Å². The Morgan fingerprint density at radius 2 is 1.39 bits per heavy atom. The molecule has 0 radical (unpaired) electrons. The summed E-state index contributed by atoms with van der Waals surface area (Å²) in [6.07, 6.45) is 9.35. The maximum absolute atomic E-state index is 10.9. The molecule has 0 saturated heterocycles. The molecule has 0 amide bonds. The van der Waals surface area contributed by atoms with Crippen molar-refractivity contribution in [3.05, 3.63) is 66.2 Å². The fourth-order valence-electron chi connectivity index (χ4n) is 3.13. The first-order valence-corrected chi connectivity index (χ1v) is 10.3. The molecule has 0 aliphatic rings. The molecule has 0 aromatic heterocycles. The average molecular weight is 381 g/mol. The SMILES string of the molecule is C=C(Cc1ccc(-c2ccc(OCCCCCCCCC)cc2)cc1)C(=O)O. The van der Waals surface area contributed by atoms with Gasteiger partial charge in [-0.3, -0.25) is 0 Å². The van der Waals surface area contributed by atoms with Gasteiger partial charge in [-0.25, -0.2) is 4.79 Å². The predicted molar refractivity (Wildman–Crippen MR) is 116 cm³/mol. The van der Waals surface area contributed by atoms with Gasteiger partial charge >= 0.3 is 5.97 Å². The number of hydrogen-bond donors (Lipinski definition) is 1. The molecule has 0 unspecified atom stereocenters. The minimum Gasteiger partial charge on any atom is -0.494 e. The van der Waals surface area contributed by atoms with Crippen LogP contribution in [-0.2, 0) is 11.2 Å². The van der Waals surface area contributed by atoms with Crippen LogP contribution in [0.4, 0.5) is 0 Å². The highest BCUT2D eigenvalue weighted by atomic mass is 16.5. The van der Waals surface area contributed by atoms with Crippen molar-refractivity contribution in [2.75, 3.05) is 6.61 Å². The zero-order valence-corrected chi connectivity index (χ0v) is 17.0. The molecule has 2 rings (SSSR count). The lowest BCUT2D eigenvalue weighted by Gasteiger charge is -2.08. The van der Waals surface area contributed by atoms with Gasteiger partial charge in [0.05, 0.1) is 6.61 Å². The van der Waals surface area contributed by atoms with Gasteiger partial charge in [0.1, 0.15) is 5.75 Å². The summed E-state index contributed by atoms with van der Waals surface area (Å²) >= 11 is 0. The summed E-state index contributed by atoms with van der Waals surface area (Å²) in [5.41, 5.74) is 3.37. The molecule has 0 fully saturated rings. The number of benzene rings is 2. The molecule has 0 saturated carbocycles. The minimum atomic E-state index is -0.948. The lowest BCUT2D eigenvalue weighted by molar-refractivity contribution is -0.132. The fraction of sp³-hybridized carbons (Fsp3) is 0.400. The van der Waals surface area contributed by atoms with Crippen molar-refractivity contribution in [3.63, 3.8) is 0 Å². The Bertz CT molecular complexity index is 729. The van der Waals surface area contributed by atoms with Gasteiger partial charge in [-0.15, -0.1) is 0 Å². The van der Waals surface area contributed by atoms with E-state index < -0.39 is 5.97 Å². The Kier molecular flexibility index (Phi) is 9.33. The quantitative estimate of drug-likeness (QED) is 0.312. The molecule has 3 nitrogen and oxygen atoms in total. The monoisotopic (exact) mass is 380 g/mol. The van der Waals surface area contributed by atoms with Gasteiger partial charge in [-0.2, -0.15) is 0 Å². The Morgan fingerprint density at radius 1 is 0.857 bits per heavy atom. The van der Waals surface area contributed by atoms with Crippen molar-refractivity contribution in [2.45, 2.75) is 58.3 Å². The van der Waals surface area contributed by atoms with Gasteiger partial charge in [0.25, 0.3) is 0 Å². The van der Waals surface area contributed by atoms with Gasteiger partial charge in [0.2, 0.25) is 0 Å². The Balaban J connectivity index is 1.76. The van der Waals surface area contributed by atoms with Crippen LogP contribution in [-0.4, -0.2) is 17.7 Å². The molecule has 150 valence electrons. The number of carboxylic acid groups (broad SMARTS) is 1. The zero-order valence-electron chi connectivity index (χ0n) is 17.0. The lowest BCUT2D eigenvalue weighted by atomic mass is 10.0. The Hall–Kier alpha value is -2.55. The van der Waals surface area contributed by atoms with E-state index in [4.69, 9.17) is 9.84 Å². The molecule has 1 N–H and O–H groups in total. The molecular weight excluding hydrogens is 348 g/mol. The van der Waals surface area contributed by atoms with Gasteiger partial charge in [0, 0.05) is 12.0 Å². The number of aliphatic carboxylic acids is 1. The summed E-state index contributed by atoms with van der Waals surface area (Å²) in [7, 11) is 0. The zero-order chi connectivity index (χ0) is 20.2. The van der Waals surface area contributed by atoms with Crippen molar-refractivity contribution < 1.29 is 14.6 Å². The maximum Gasteiger partial charge on any atom is 0.331 e. The highest BCUT2D eigenvalue weighted by molar-refractivity contribution is 5.86. The van der Waals surface area contributed by atoms with Crippen molar-refractivity contribution in [3.8, 4) is 16.9 Å². The summed E-state index contributed by atoms with van der Waals surface area (Å²) < 4.78 is 5.84. The highest BCUT2D eigenvalue weighted by Crippen LogP contribution is 2.23. The first-order valence-electron chi connectivity index (χ1n) is 10.3. The van der Waals surface area contributed by atoms with Crippen molar-refractivity contribution >= 4 is 5.97 Å². The van der Waals surface area contributed by atoms with Crippen molar-refractivity contribution in [1.29, 1.82) is 0 Å². The topological polar surface area (TPSA) is 46.5 Å². The second-order valence-electron chi connectivity index (χ2n) is 7.28. The third kappa shape index (κ3) is 7.59. The van der Waals surface area contributed by atoms with Crippen molar-refractivity contribution in [1.82, 2.24) is 0 Å². The number of ether oxygens (including phenoxy) is 1. The van der Waals surface area contributed by atoms with Gasteiger partial charge in [0.15, 0.2) is 0 Å². The lowest BCUT2D eigenvalue weighted by Crippen LogP contribution is -2.01. The van der Waals surface area contributed by atoms with Crippen LogP contribution in [0.15, 0.2) is 60.7 Å². The van der Waals surface area contributed by atoms with Gasteiger partial charge < -0.3 is 9.84 Å². The second kappa shape index (κ2) is 12.0. The summed E-state index contributed by atoms with van der Waals surface area (Å²) in [6.45, 7) is 6.60. The predicted octanol–water partition coefficient (Wildman–Crippen LogP) is 6.67. The van der Waals surface area contributed by atoms with Gasteiger partial charge in [-0.1, -0.05) is 88.4 Å². The van der Waals surface area contributed by atoms with Crippen LogP contribution in [0, 0.1) is 0 Å². The third-order valence-electron chi connectivity index (χ3n) is 4.88. The van der Waals surface area contributed by atoms with E-state index in [1.807, 2.05) is 36.4 Å². The van der Waals surface area contributed by atoms with Crippen LogP contribution in [0.1, 0.15) is 57.4 Å². The van der Waals surface area contributed by atoms with E-state index in [1.165, 1.54) is 38.5 Å². The molecular formula is C25H32O3. The number of carbonyl (C=O) groups is 1. The smallest absolute Gasteiger partial charge is 0.331 e. The summed E-state index contributed by atoms with van der Waals surface area (Å²) in [5.74, 6) is -0.0414. The maximum atomic E-state index is 10.9. The Labute approximate surface area is 169 Å². The first kappa shape index (κ1) is 21.7. The molecule has 2 aromatic rings. The van der Waals surface area contributed by atoms with Crippen LogP contribution in [0.5, 0.6) is 5.75 Å². The molecule has 0 aliphatic heterocycles.